The van der Waals surface area contributed by atoms with Crippen molar-refractivity contribution in [3.63, 3.8) is 0 Å². The Bertz CT molecular complexity index is 1100. The molecule has 1 aromatic heterocycles. The predicted octanol–water partition coefficient (Wildman–Crippen LogP) is 3.79. The molecule has 28 heavy (non-hydrogen) atoms. The molecular formula is C18H17ClN4O3S2. The van der Waals surface area contributed by atoms with Gasteiger partial charge in [-0.15, -0.1) is 10.2 Å². The summed E-state index contributed by atoms with van der Waals surface area (Å²) in [5, 5.41) is 10.6. The third kappa shape index (κ3) is 4.74. The molecule has 1 heterocycles. The lowest BCUT2D eigenvalue weighted by molar-refractivity contribution is 0.102. The SMILES string of the molecule is Cc1ccccc1C(C)NS(=O)(=O)c1nnc(NC(=O)c2ccc(Cl)cc2)s1. The van der Waals surface area contributed by atoms with Gasteiger partial charge < -0.3 is 0 Å². The lowest BCUT2D eigenvalue weighted by Crippen LogP contribution is -2.27. The van der Waals surface area contributed by atoms with Crippen LogP contribution < -0.4 is 10.0 Å². The van der Waals surface area contributed by atoms with Crippen molar-refractivity contribution < 1.29 is 13.2 Å². The largest absolute Gasteiger partial charge is 0.296 e. The van der Waals surface area contributed by atoms with Gasteiger partial charge >= 0.3 is 0 Å². The highest BCUT2D eigenvalue weighted by atomic mass is 35.5. The molecule has 2 aromatic carbocycles. The van der Waals surface area contributed by atoms with E-state index in [-0.39, 0.29) is 9.47 Å². The van der Waals surface area contributed by atoms with Crippen molar-refractivity contribution in [1.29, 1.82) is 0 Å². The molecule has 2 N–H and O–H groups in total. The monoisotopic (exact) mass is 436 g/mol. The van der Waals surface area contributed by atoms with Crippen molar-refractivity contribution >= 4 is 44.0 Å². The number of aryl methyl sites for hydroxylation is 1. The summed E-state index contributed by atoms with van der Waals surface area (Å²) in [6, 6.07) is 13.4. The summed E-state index contributed by atoms with van der Waals surface area (Å²) < 4.78 is 27.6. The summed E-state index contributed by atoms with van der Waals surface area (Å²) >= 11 is 6.58. The van der Waals surface area contributed by atoms with Crippen LogP contribution >= 0.6 is 22.9 Å². The number of rotatable bonds is 6. The maximum atomic E-state index is 12.6. The number of halogens is 1. The molecule has 0 aliphatic heterocycles. The van der Waals surface area contributed by atoms with Gasteiger partial charge in [-0.3, -0.25) is 10.1 Å². The number of nitrogens with zero attached hydrogens (tertiary/aromatic N) is 2. The van der Waals surface area contributed by atoms with Crippen LogP contribution in [0.1, 0.15) is 34.5 Å². The third-order valence-electron chi connectivity index (χ3n) is 3.95. The Hall–Kier alpha value is -2.33. The highest BCUT2D eigenvalue weighted by Gasteiger charge is 2.24. The molecular weight excluding hydrogens is 420 g/mol. The fraction of sp³-hybridized carbons (Fsp3) is 0.167. The average molecular weight is 437 g/mol. The van der Waals surface area contributed by atoms with Crippen LogP contribution in [-0.2, 0) is 10.0 Å². The summed E-state index contributed by atoms with van der Waals surface area (Å²) in [6.45, 7) is 3.67. The third-order valence-corrected chi connectivity index (χ3v) is 6.95. The van der Waals surface area contributed by atoms with Crippen molar-refractivity contribution in [2.45, 2.75) is 24.2 Å². The minimum Gasteiger partial charge on any atom is -0.296 e. The van der Waals surface area contributed by atoms with Gasteiger partial charge in [0.25, 0.3) is 15.9 Å². The molecule has 1 amide bonds. The Balaban J connectivity index is 1.72. The fourth-order valence-corrected chi connectivity index (χ4v) is 4.82. The highest BCUT2D eigenvalue weighted by Crippen LogP contribution is 2.24. The molecule has 0 radical (unpaired) electrons. The minimum absolute atomic E-state index is 0.0869. The van der Waals surface area contributed by atoms with E-state index in [0.717, 1.165) is 22.5 Å². The van der Waals surface area contributed by atoms with Crippen LogP contribution in [0.5, 0.6) is 0 Å². The van der Waals surface area contributed by atoms with E-state index in [1.54, 1.807) is 31.2 Å². The molecule has 3 aromatic rings. The van der Waals surface area contributed by atoms with Gasteiger partial charge in [0.2, 0.25) is 9.47 Å². The van der Waals surface area contributed by atoms with Crippen LogP contribution in [0.2, 0.25) is 5.02 Å². The molecule has 1 unspecified atom stereocenters. The smallest absolute Gasteiger partial charge is 0.270 e. The molecule has 0 aliphatic rings. The predicted molar refractivity (Wildman–Crippen MR) is 109 cm³/mol. The second-order valence-electron chi connectivity index (χ2n) is 6.03. The standard InChI is InChI=1S/C18H17ClN4O3S2/c1-11-5-3-4-6-15(11)12(2)23-28(25,26)18-22-21-17(27-18)20-16(24)13-7-9-14(19)10-8-13/h3-10,12,23H,1-2H3,(H,20,21,24). The first kappa shape index (κ1) is 20.4. The normalized spacial score (nSPS) is 12.5. The molecule has 0 fully saturated rings. The molecule has 0 bridgehead atoms. The first-order chi connectivity index (χ1) is 13.3. The number of amides is 1. The van der Waals surface area contributed by atoms with Crippen molar-refractivity contribution in [2.24, 2.45) is 0 Å². The van der Waals surface area contributed by atoms with E-state index in [4.69, 9.17) is 11.6 Å². The van der Waals surface area contributed by atoms with Crippen molar-refractivity contribution in [2.75, 3.05) is 5.32 Å². The number of hydrogen-bond donors (Lipinski definition) is 2. The number of anilines is 1. The van der Waals surface area contributed by atoms with E-state index in [9.17, 15) is 13.2 Å². The molecule has 0 aliphatic carbocycles. The zero-order valence-electron chi connectivity index (χ0n) is 15.0. The first-order valence-corrected chi connectivity index (χ1v) is 10.9. The maximum absolute atomic E-state index is 12.6. The molecule has 1 atom stereocenters. The molecule has 0 spiro atoms. The fourth-order valence-electron chi connectivity index (χ4n) is 2.56. The minimum atomic E-state index is -3.88. The molecule has 10 heteroatoms. The van der Waals surface area contributed by atoms with Crippen molar-refractivity contribution in [3.8, 4) is 0 Å². The zero-order valence-corrected chi connectivity index (χ0v) is 17.4. The number of nitrogens with one attached hydrogen (secondary N) is 2. The van der Waals surface area contributed by atoms with E-state index in [1.165, 1.54) is 0 Å². The van der Waals surface area contributed by atoms with Gasteiger partial charge in [-0.2, -0.15) is 0 Å². The van der Waals surface area contributed by atoms with Gasteiger partial charge in [-0.1, -0.05) is 47.2 Å². The number of benzene rings is 2. The second kappa shape index (κ2) is 8.36. The van der Waals surface area contributed by atoms with E-state index >= 15 is 0 Å². The Labute approximate surface area is 171 Å². The number of carbonyl (C=O) groups excluding carboxylic acids is 1. The molecule has 0 saturated heterocycles. The molecule has 3 rings (SSSR count). The Kier molecular flexibility index (Phi) is 6.09. The summed E-state index contributed by atoms with van der Waals surface area (Å²) in [5.41, 5.74) is 2.22. The van der Waals surface area contributed by atoms with Crippen LogP contribution in [-0.4, -0.2) is 24.5 Å². The molecule has 146 valence electrons. The van der Waals surface area contributed by atoms with Crippen LogP contribution in [0.25, 0.3) is 0 Å². The maximum Gasteiger partial charge on any atom is 0.270 e. The van der Waals surface area contributed by atoms with Gasteiger partial charge in [0.05, 0.1) is 0 Å². The second-order valence-corrected chi connectivity index (χ2v) is 9.34. The van der Waals surface area contributed by atoms with Crippen molar-refractivity contribution in [3.05, 3.63) is 70.2 Å². The Morgan fingerprint density at radius 2 is 1.79 bits per heavy atom. The lowest BCUT2D eigenvalue weighted by atomic mass is 10.0. The van der Waals surface area contributed by atoms with E-state index in [2.05, 4.69) is 20.2 Å². The number of aromatic nitrogens is 2. The van der Waals surface area contributed by atoms with Gasteiger partial charge in [0.15, 0.2) is 0 Å². The quantitative estimate of drug-likeness (QED) is 0.572. The number of hydrogen-bond acceptors (Lipinski definition) is 6. The van der Waals surface area contributed by atoms with E-state index in [0.29, 0.717) is 10.6 Å². The summed E-state index contributed by atoms with van der Waals surface area (Å²) in [5.74, 6) is -0.432. The van der Waals surface area contributed by atoms with Gasteiger partial charge in [-0.25, -0.2) is 13.1 Å². The van der Waals surface area contributed by atoms with Gasteiger partial charge in [0.1, 0.15) is 0 Å². The van der Waals surface area contributed by atoms with E-state index in [1.807, 2.05) is 31.2 Å². The van der Waals surface area contributed by atoms with Crippen LogP contribution in [0.3, 0.4) is 0 Å². The van der Waals surface area contributed by atoms with Crippen LogP contribution in [0.15, 0.2) is 52.9 Å². The molecule has 7 nitrogen and oxygen atoms in total. The lowest BCUT2D eigenvalue weighted by Gasteiger charge is -2.15. The van der Waals surface area contributed by atoms with Crippen LogP contribution in [0.4, 0.5) is 5.13 Å². The molecule has 0 saturated carbocycles. The Morgan fingerprint density at radius 1 is 1.11 bits per heavy atom. The average Bonchev–Trinajstić information content (AvgIpc) is 3.11. The Morgan fingerprint density at radius 3 is 2.46 bits per heavy atom. The number of sulfonamides is 1. The number of carbonyl (C=O) groups is 1. The zero-order chi connectivity index (χ0) is 20.3. The summed E-state index contributed by atoms with van der Waals surface area (Å²) in [6.07, 6.45) is 0. The van der Waals surface area contributed by atoms with Gasteiger partial charge in [0, 0.05) is 16.6 Å². The summed E-state index contributed by atoms with van der Waals surface area (Å²) in [7, 11) is -3.88. The summed E-state index contributed by atoms with van der Waals surface area (Å²) in [4.78, 5) is 12.2. The first-order valence-electron chi connectivity index (χ1n) is 8.24. The van der Waals surface area contributed by atoms with E-state index < -0.39 is 22.0 Å². The topological polar surface area (TPSA) is 101 Å². The van der Waals surface area contributed by atoms with Gasteiger partial charge in [-0.05, 0) is 49.2 Å². The van der Waals surface area contributed by atoms with Crippen molar-refractivity contribution in [1.82, 2.24) is 14.9 Å². The highest BCUT2D eigenvalue weighted by molar-refractivity contribution is 7.91. The van der Waals surface area contributed by atoms with Crippen LogP contribution in [0, 0.1) is 6.92 Å².